The molecule has 1 aliphatic heterocycles. The molecule has 0 saturated carbocycles. The molecular formula is C14H21NO2. The van der Waals surface area contributed by atoms with E-state index in [1.54, 1.807) is 18.2 Å². The molecule has 94 valence electrons. The maximum atomic E-state index is 10.1. The molecule has 3 N–H and O–H groups in total. The molecular weight excluding hydrogens is 214 g/mol. The van der Waals surface area contributed by atoms with Gasteiger partial charge in [-0.3, -0.25) is 0 Å². The highest BCUT2D eigenvalue weighted by Gasteiger charge is 2.18. The van der Waals surface area contributed by atoms with Gasteiger partial charge in [0.15, 0.2) is 0 Å². The van der Waals surface area contributed by atoms with Gasteiger partial charge in [-0.2, -0.15) is 0 Å². The number of phenols is 1. The molecule has 2 rings (SSSR count). The van der Waals surface area contributed by atoms with Crippen molar-refractivity contribution in [3.63, 3.8) is 0 Å². The third-order valence-electron chi connectivity index (χ3n) is 3.47. The van der Waals surface area contributed by atoms with Crippen molar-refractivity contribution in [2.75, 3.05) is 6.54 Å². The van der Waals surface area contributed by atoms with Crippen LogP contribution in [0, 0.1) is 0 Å². The van der Waals surface area contributed by atoms with Crippen molar-refractivity contribution in [1.82, 2.24) is 5.32 Å². The van der Waals surface area contributed by atoms with E-state index in [2.05, 4.69) is 5.32 Å². The lowest BCUT2D eigenvalue weighted by molar-refractivity contribution is 0.147. The molecule has 0 spiro atoms. The molecule has 2 atom stereocenters. The van der Waals surface area contributed by atoms with Crippen molar-refractivity contribution >= 4 is 0 Å². The average Bonchev–Trinajstić information content (AvgIpc) is 2.58. The number of nitrogens with one attached hydrogen (secondary N) is 1. The van der Waals surface area contributed by atoms with Crippen molar-refractivity contribution in [1.29, 1.82) is 0 Å². The van der Waals surface area contributed by atoms with Gasteiger partial charge in [0, 0.05) is 11.6 Å². The second-order valence-electron chi connectivity index (χ2n) is 4.81. The summed E-state index contributed by atoms with van der Waals surface area (Å²) in [7, 11) is 0. The average molecular weight is 235 g/mol. The molecule has 2 unspecified atom stereocenters. The fraction of sp³-hybridized carbons (Fsp3) is 0.571. The quantitative estimate of drug-likeness (QED) is 0.753. The Labute approximate surface area is 102 Å². The number of aliphatic hydroxyl groups excluding tert-OH is 1. The largest absolute Gasteiger partial charge is 0.508 e. The minimum absolute atomic E-state index is 0.189. The third kappa shape index (κ3) is 3.45. The Morgan fingerprint density at radius 2 is 2.06 bits per heavy atom. The van der Waals surface area contributed by atoms with E-state index < -0.39 is 6.10 Å². The number of rotatable bonds is 3. The SMILES string of the molecule is Oc1ccccc1C(O)CC1CCCCCN1. The van der Waals surface area contributed by atoms with Crippen LogP contribution in [0.4, 0.5) is 0 Å². The van der Waals surface area contributed by atoms with Gasteiger partial charge in [0.1, 0.15) is 5.75 Å². The van der Waals surface area contributed by atoms with Crippen LogP contribution >= 0.6 is 0 Å². The number of hydrogen-bond donors (Lipinski definition) is 3. The molecule has 3 heteroatoms. The van der Waals surface area contributed by atoms with Gasteiger partial charge in [-0.25, -0.2) is 0 Å². The van der Waals surface area contributed by atoms with Crippen LogP contribution < -0.4 is 5.32 Å². The standard InChI is InChI=1S/C14H21NO2/c16-13-8-4-3-7-12(13)14(17)10-11-6-2-1-5-9-15-11/h3-4,7-8,11,14-17H,1-2,5-6,9-10H2. The van der Waals surface area contributed by atoms with Crippen LogP contribution in [0.25, 0.3) is 0 Å². The predicted octanol–water partition coefficient (Wildman–Crippen LogP) is 2.35. The monoisotopic (exact) mass is 235 g/mol. The smallest absolute Gasteiger partial charge is 0.121 e. The second-order valence-corrected chi connectivity index (χ2v) is 4.81. The number of hydrogen-bond acceptors (Lipinski definition) is 3. The zero-order valence-corrected chi connectivity index (χ0v) is 10.1. The van der Waals surface area contributed by atoms with Crippen LogP contribution in [-0.2, 0) is 0 Å². The molecule has 0 bridgehead atoms. The number of para-hydroxylation sites is 1. The van der Waals surface area contributed by atoms with Crippen molar-refractivity contribution < 1.29 is 10.2 Å². The van der Waals surface area contributed by atoms with Gasteiger partial charge >= 0.3 is 0 Å². The Morgan fingerprint density at radius 3 is 2.88 bits per heavy atom. The van der Waals surface area contributed by atoms with Crippen LogP contribution in [0.1, 0.15) is 43.8 Å². The predicted molar refractivity (Wildman–Crippen MR) is 67.9 cm³/mol. The molecule has 3 nitrogen and oxygen atoms in total. The van der Waals surface area contributed by atoms with E-state index in [-0.39, 0.29) is 5.75 Å². The summed E-state index contributed by atoms with van der Waals surface area (Å²) >= 11 is 0. The fourth-order valence-corrected chi connectivity index (χ4v) is 2.47. The lowest BCUT2D eigenvalue weighted by Crippen LogP contribution is -2.29. The van der Waals surface area contributed by atoms with E-state index >= 15 is 0 Å². The van der Waals surface area contributed by atoms with Gasteiger partial charge in [0.25, 0.3) is 0 Å². The summed E-state index contributed by atoms with van der Waals surface area (Å²) in [6.45, 7) is 1.04. The maximum absolute atomic E-state index is 10.1. The molecule has 1 aromatic rings. The lowest BCUT2D eigenvalue weighted by atomic mass is 9.98. The summed E-state index contributed by atoms with van der Waals surface area (Å²) in [6.07, 6.45) is 4.94. The Balaban J connectivity index is 1.96. The topological polar surface area (TPSA) is 52.5 Å². The number of aliphatic hydroxyl groups is 1. The molecule has 0 aliphatic carbocycles. The summed E-state index contributed by atoms with van der Waals surface area (Å²) in [6, 6.07) is 7.40. The Kier molecular flexibility index (Phi) is 4.40. The van der Waals surface area contributed by atoms with Gasteiger partial charge in [-0.05, 0) is 31.9 Å². The molecule has 1 aromatic carbocycles. The molecule has 17 heavy (non-hydrogen) atoms. The molecule has 0 aromatic heterocycles. The molecule has 1 aliphatic rings. The highest BCUT2D eigenvalue weighted by molar-refractivity contribution is 5.33. The highest BCUT2D eigenvalue weighted by Crippen LogP contribution is 2.28. The van der Waals surface area contributed by atoms with Crippen molar-refractivity contribution in [3.05, 3.63) is 29.8 Å². The van der Waals surface area contributed by atoms with E-state index in [1.165, 1.54) is 19.3 Å². The Bertz CT molecular complexity index is 346. The van der Waals surface area contributed by atoms with E-state index in [0.29, 0.717) is 18.0 Å². The van der Waals surface area contributed by atoms with Crippen molar-refractivity contribution in [2.45, 2.75) is 44.2 Å². The number of aromatic hydroxyl groups is 1. The first-order chi connectivity index (χ1) is 8.27. The van der Waals surface area contributed by atoms with Crippen LogP contribution in [0.5, 0.6) is 5.75 Å². The first-order valence-electron chi connectivity index (χ1n) is 6.46. The minimum Gasteiger partial charge on any atom is -0.508 e. The van der Waals surface area contributed by atoms with E-state index in [4.69, 9.17) is 0 Å². The summed E-state index contributed by atoms with van der Waals surface area (Å²) < 4.78 is 0. The molecule has 0 amide bonds. The Morgan fingerprint density at radius 1 is 1.24 bits per heavy atom. The normalized spacial score (nSPS) is 23.0. The summed E-state index contributed by atoms with van der Waals surface area (Å²) in [5, 5.41) is 23.3. The molecule has 1 fully saturated rings. The molecule has 0 radical (unpaired) electrons. The zero-order valence-electron chi connectivity index (χ0n) is 10.1. The van der Waals surface area contributed by atoms with Gasteiger partial charge in [0.2, 0.25) is 0 Å². The van der Waals surface area contributed by atoms with Gasteiger partial charge in [0.05, 0.1) is 6.10 Å². The van der Waals surface area contributed by atoms with E-state index in [9.17, 15) is 10.2 Å². The van der Waals surface area contributed by atoms with Crippen molar-refractivity contribution in [3.8, 4) is 5.75 Å². The minimum atomic E-state index is -0.577. The first-order valence-corrected chi connectivity index (χ1v) is 6.46. The third-order valence-corrected chi connectivity index (χ3v) is 3.47. The summed E-state index contributed by atoms with van der Waals surface area (Å²) in [5.74, 6) is 0.189. The lowest BCUT2D eigenvalue weighted by Gasteiger charge is -2.20. The zero-order chi connectivity index (χ0) is 12.1. The summed E-state index contributed by atoms with van der Waals surface area (Å²) in [4.78, 5) is 0. The van der Waals surface area contributed by atoms with E-state index in [1.807, 2.05) is 6.07 Å². The van der Waals surface area contributed by atoms with Crippen molar-refractivity contribution in [2.24, 2.45) is 0 Å². The first kappa shape index (κ1) is 12.4. The molecule has 1 saturated heterocycles. The fourth-order valence-electron chi connectivity index (χ4n) is 2.47. The highest BCUT2D eigenvalue weighted by atomic mass is 16.3. The van der Waals surface area contributed by atoms with Gasteiger partial charge < -0.3 is 15.5 Å². The van der Waals surface area contributed by atoms with Gasteiger partial charge in [-0.1, -0.05) is 31.0 Å². The Hall–Kier alpha value is -1.06. The maximum Gasteiger partial charge on any atom is 0.121 e. The van der Waals surface area contributed by atoms with Crippen LogP contribution in [0.15, 0.2) is 24.3 Å². The summed E-state index contributed by atoms with van der Waals surface area (Å²) in [5.41, 5.74) is 0.638. The molecule has 1 heterocycles. The second kappa shape index (κ2) is 6.03. The number of benzene rings is 1. The van der Waals surface area contributed by atoms with Crippen LogP contribution in [-0.4, -0.2) is 22.8 Å². The van der Waals surface area contributed by atoms with Crippen LogP contribution in [0.3, 0.4) is 0 Å². The van der Waals surface area contributed by atoms with E-state index in [0.717, 1.165) is 13.0 Å². The van der Waals surface area contributed by atoms with Gasteiger partial charge in [-0.15, -0.1) is 0 Å². The number of phenolic OH excluding ortho intramolecular Hbond substituents is 1. The van der Waals surface area contributed by atoms with Crippen LogP contribution in [0.2, 0.25) is 0 Å².